The molecule has 6 heteroatoms. The number of ether oxygens (including phenoxy) is 1. The summed E-state index contributed by atoms with van der Waals surface area (Å²) in [7, 11) is 0. The first-order valence-electron chi connectivity index (χ1n) is 11.5. The molecule has 172 valence electrons. The number of likely N-dealkylation sites (tertiary alicyclic amines) is 1. The van der Waals surface area contributed by atoms with Gasteiger partial charge in [-0.2, -0.15) is 0 Å². The van der Waals surface area contributed by atoms with Crippen LogP contribution >= 0.6 is 11.6 Å². The zero-order valence-corrected chi connectivity index (χ0v) is 19.6. The quantitative estimate of drug-likeness (QED) is 0.564. The Morgan fingerprint density at radius 1 is 1.12 bits per heavy atom. The van der Waals surface area contributed by atoms with E-state index in [1.165, 1.54) is 0 Å². The third kappa shape index (κ3) is 4.56. The van der Waals surface area contributed by atoms with E-state index < -0.39 is 5.60 Å². The van der Waals surface area contributed by atoms with Crippen molar-refractivity contribution in [1.29, 1.82) is 5.41 Å². The number of benzene rings is 2. The first-order chi connectivity index (χ1) is 16.6. The minimum Gasteiger partial charge on any atom is -0.438 e. The number of pyridine rings is 1. The van der Waals surface area contributed by atoms with E-state index in [9.17, 15) is 5.11 Å². The van der Waals surface area contributed by atoms with Crippen LogP contribution in [0.25, 0.3) is 11.6 Å². The minimum atomic E-state index is -0.792. The highest BCUT2D eigenvalue weighted by molar-refractivity contribution is 6.30. The molecule has 0 saturated carbocycles. The third-order valence-electron chi connectivity index (χ3n) is 6.66. The molecule has 2 N–H and O–H groups in total. The summed E-state index contributed by atoms with van der Waals surface area (Å²) < 4.78 is 6.09. The van der Waals surface area contributed by atoms with E-state index in [4.69, 9.17) is 21.7 Å². The topological polar surface area (TPSA) is 69.4 Å². The molecule has 1 saturated heterocycles. The number of hydrogen-bond acceptors (Lipinski definition) is 5. The summed E-state index contributed by atoms with van der Waals surface area (Å²) in [5.74, 6) is 3.76. The van der Waals surface area contributed by atoms with Gasteiger partial charge in [0.2, 0.25) is 5.88 Å². The molecule has 5 nitrogen and oxygen atoms in total. The second-order valence-corrected chi connectivity index (χ2v) is 9.21. The molecular weight excluding hydrogens is 446 g/mol. The summed E-state index contributed by atoms with van der Waals surface area (Å²) in [5.41, 5.74) is 2.11. The van der Waals surface area contributed by atoms with Gasteiger partial charge in [-0.1, -0.05) is 35.9 Å². The monoisotopic (exact) mass is 471 g/mol. The molecule has 5 rings (SSSR count). The summed E-state index contributed by atoms with van der Waals surface area (Å²) >= 11 is 6.00. The van der Waals surface area contributed by atoms with Crippen molar-refractivity contribution in [2.24, 2.45) is 0 Å². The number of allylic oxidation sites excluding steroid dienone is 1. The third-order valence-corrected chi connectivity index (χ3v) is 6.92. The van der Waals surface area contributed by atoms with Crippen LogP contribution in [0.4, 0.5) is 0 Å². The number of fused-ring (bicyclic) bond motifs is 2. The molecule has 2 aliphatic rings. The fraction of sp³-hybridized carbons (Fsp3) is 0.250. The molecule has 1 fully saturated rings. The molecule has 3 heterocycles. The molecule has 0 spiro atoms. The molecule has 3 aromatic rings. The number of rotatable bonds is 4. The van der Waals surface area contributed by atoms with Gasteiger partial charge < -0.3 is 14.7 Å². The highest BCUT2D eigenvalue weighted by Crippen LogP contribution is 2.34. The van der Waals surface area contributed by atoms with Gasteiger partial charge in [0.05, 0.1) is 5.60 Å². The molecular formula is C28H26ClN3O2. The summed E-state index contributed by atoms with van der Waals surface area (Å²) in [6.45, 7) is 2.57. The Hall–Kier alpha value is -3.21. The van der Waals surface area contributed by atoms with E-state index in [1.807, 2.05) is 54.6 Å². The summed E-state index contributed by atoms with van der Waals surface area (Å²) in [5, 5.41) is 21.0. The number of nitrogens with one attached hydrogen (secondary N) is 1. The predicted octanol–water partition coefficient (Wildman–Crippen LogP) is 4.00. The zero-order chi connectivity index (χ0) is 23.5. The first kappa shape index (κ1) is 22.6. The molecule has 0 radical (unpaired) electrons. The molecule has 1 aromatic heterocycles. The van der Waals surface area contributed by atoms with Gasteiger partial charge in [0.25, 0.3) is 0 Å². The van der Waals surface area contributed by atoms with Crippen LogP contribution in [-0.2, 0) is 5.60 Å². The van der Waals surface area contributed by atoms with E-state index >= 15 is 0 Å². The Morgan fingerprint density at radius 2 is 1.91 bits per heavy atom. The number of piperidine rings is 1. The highest BCUT2D eigenvalue weighted by Gasteiger charge is 2.33. The van der Waals surface area contributed by atoms with Gasteiger partial charge in [-0.15, -0.1) is 0 Å². The van der Waals surface area contributed by atoms with Crippen LogP contribution in [0.5, 0.6) is 11.6 Å². The van der Waals surface area contributed by atoms with Crippen LogP contribution in [0.15, 0.2) is 66.9 Å². The fourth-order valence-electron chi connectivity index (χ4n) is 4.69. The van der Waals surface area contributed by atoms with Crippen LogP contribution in [0.1, 0.15) is 30.4 Å². The van der Waals surface area contributed by atoms with Crippen molar-refractivity contribution in [3.8, 4) is 11.6 Å². The molecule has 34 heavy (non-hydrogen) atoms. The minimum absolute atomic E-state index is 0.567. The largest absolute Gasteiger partial charge is 0.438 e. The number of nitrogens with zero attached hydrogens (tertiary/aromatic N) is 2. The maximum absolute atomic E-state index is 11.1. The normalized spacial score (nSPS) is 18.1. The maximum Gasteiger partial charge on any atom is 0.227 e. The summed E-state index contributed by atoms with van der Waals surface area (Å²) in [4.78, 5) is 6.83. The van der Waals surface area contributed by atoms with Crippen molar-refractivity contribution in [3.63, 3.8) is 0 Å². The molecule has 2 aliphatic heterocycles. The van der Waals surface area contributed by atoms with Gasteiger partial charge in [0, 0.05) is 46.9 Å². The summed E-state index contributed by atoms with van der Waals surface area (Å²) in [6, 6.07) is 17.1. The molecule has 0 amide bonds. The van der Waals surface area contributed by atoms with Crippen molar-refractivity contribution < 1.29 is 9.84 Å². The van der Waals surface area contributed by atoms with Gasteiger partial charge in [-0.05, 0) is 78.7 Å². The lowest BCUT2D eigenvalue weighted by Crippen LogP contribution is -2.42. The second kappa shape index (κ2) is 9.57. The standard InChI is InChI=1S/C28H26ClN3O2/c29-23-10-8-22(9-11-23)28(33)12-16-32(17-13-28)15-3-5-20-18-25-21(19-30)4-1-7-26(25)34-27-24(20)6-2-14-31-27/h1-2,4-11,14,18,30,33H,3,12-13,15-17H2. The van der Waals surface area contributed by atoms with Crippen molar-refractivity contribution >= 4 is 29.1 Å². The number of aliphatic hydroxyl groups is 1. The van der Waals surface area contributed by atoms with Crippen LogP contribution in [0, 0.1) is 5.41 Å². The Balaban J connectivity index is 1.33. The van der Waals surface area contributed by atoms with Crippen molar-refractivity contribution in [2.75, 3.05) is 19.6 Å². The average Bonchev–Trinajstić information content (AvgIpc) is 3.02. The van der Waals surface area contributed by atoms with Crippen molar-refractivity contribution in [1.82, 2.24) is 9.88 Å². The van der Waals surface area contributed by atoms with Gasteiger partial charge in [0.15, 0.2) is 0 Å². The van der Waals surface area contributed by atoms with Gasteiger partial charge >= 0.3 is 0 Å². The van der Waals surface area contributed by atoms with Gasteiger partial charge in [-0.3, -0.25) is 5.41 Å². The first-order valence-corrected chi connectivity index (χ1v) is 11.9. The van der Waals surface area contributed by atoms with Crippen molar-refractivity contribution in [2.45, 2.75) is 24.9 Å². The Morgan fingerprint density at radius 3 is 2.68 bits per heavy atom. The lowest BCUT2D eigenvalue weighted by atomic mass is 9.84. The lowest BCUT2D eigenvalue weighted by molar-refractivity contribution is -0.0254. The van der Waals surface area contributed by atoms with Crippen LogP contribution in [0.3, 0.4) is 0 Å². The van der Waals surface area contributed by atoms with E-state index in [2.05, 4.69) is 27.9 Å². The molecule has 0 atom stereocenters. The lowest BCUT2D eigenvalue weighted by Gasteiger charge is -2.38. The number of halogens is 1. The zero-order valence-electron chi connectivity index (χ0n) is 18.8. The molecule has 0 unspecified atom stereocenters. The Labute approximate surface area is 203 Å². The van der Waals surface area contributed by atoms with Gasteiger partial charge in [0.1, 0.15) is 5.75 Å². The van der Waals surface area contributed by atoms with Crippen LogP contribution in [-0.4, -0.2) is 40.5 Å². The Bertz CT molecular complexity index is 1370. The van der Waals surface area contributed by atoms with E-state index in [-0.39, 0.29) is 0 Å². The highest BCUT2D eigenvalue weighted by atomic mass is 35.5. The second-order valence-electron chi connectivity index (χ2n) is 8.77. The maximum atomic E-state index is 11.1. The van der Waals surface area contributed by atoms with Crippen molar-refractivity contribution in [3.05, 3.63) is 93.5 Å². The number of hydrogen-bond donors (Lipinski definition) is 2. The predicted molar refractivity (Wildman–Crippen MR) is 135 cm³/mol. The average molecular weight is 472 g/mol. The van der Waals surface area contributed by atoms with E-state index in [0.29, 0.717) is 34.7 Å². The summed E-state index contributed by atoms with van der Waals surface area (Å²) in [6.07, 6.45) is 8.25. The van der Waals surface area contributed by atoms with Crippen LogP contribution in [0.2, 0.25) is 5.02 Å². The molecule has 0 bridgehead atoms. The molecule has 2 aromatic carbocycles. The van der Waals surface area contributed by atoms with E-state index in [1.54, 1.807) is 6.20 Å². The van der Waals surface area contributed by atoms with Crippen LogP contribution < -0.4 is 15.2 Å². The number of aromatic nitrogens is 1. The SMILES string of the molecule is N=C=c1cccc2c1=CC(=CCCN1CCC(O)(c3ccc(Cl)cc3)CC1)c1cccnc1O2. The van der Waals surface area contributed by atoms with E-state index in [0.717, 1.165) is 48.0 Å². The Kier molecular flexibility index (Phi) is 6.36. The molecule has 0 aliphatic carbocycles. The fourth-order valence-corrected chi connectivity index (χ4v) is 4.81. The smallest absolute Gasteiger partial charge is 0.227 e. The van der Waals surface area contributed by atoms with Gasteiger partial charge in [-0.25, -0.2) is 4.98 Å².